The average Bonchev–Trinajstić information content (AvgIpc) is 2.84. The van der Waals surface area contributed by atoms with Crippen LogP contribution in [0.15, 0.2) is 30.6 Å². The van der Waals surface area contributed by atoms with Gasteiger partial charge in [-0.2, -0.15) is 4.98 Å². The lowest BCUT2D eigenvalue weighted by Crippen LogP contribution is -2.47. The molecular weight excluding hydrogens is 396 g/mol. The Morgan fingerprint density at radius 3 is 2.23 bits per heavy atom. The first-order chi connectivity index (χ1) is 15.2. The average molecular weight is 427 g/mol. The van der Waals surface area contributed by atoms with Gasteiger partial charge in [0.2, 0.25) is 11.9 Å². The minimum Gasteiger partial charge on any atom is -0.492 e. The highest BCUT2D eigenvalue weighted by molar-refractivity contribution is 5.72. The van der Waals surface area contributed by atoms with Crippen LogP contribution in [0, 0.1) is 5.92 Å². The van der Waals surface area contributed by atoms with Crippen LogP contribution < -0.4 is 19.4 Å². The molecule has 0 unspecified atom stereocenters. The largest absolute Gasteiger partial charge is 0.492 e. The fourth-order valence-corrected chi connectivity index (χ4v) is 4.21. The van der Waals surface area contributed by atoms with Crippen molar-refractivity contribution < 1.29 is 14.3 Å². The molecule has 0 atom stereocenters. The van der Waals surface area contributed by atoms with E-state index in [1.165, 1.54) is 7.11 Å². The van der Waals surface area contributed by atoms with Gasteiger partial charge in [0.05, 0.1) is 25.3 Å². The van der Waals surface area contributed by atoms with Crippen LogP contribution in [0.4, 0.5) is 17.6 Å². The van der Waals surface area contributed by atoms with Crippen LogP contribution in [0.5, 0.6) is 5.75 Å². The van der Waals surface area contributed by atoms with E-state index in [0.29, 0.717) is 18.5 Å². The SMILES string of the molecule is CCOc1ccccc1N1CCN(c2ncnc(N3CCC(C(=O)OC)CC3)n2)CC1. The lowest BCUT2D eigenvalue weighted by atomic mass is 9.97. The maximum atomic E-state index is 11.8. The van der Waals surface area contributed by atoms with Crippen molar-refractivity contribution in [3.05, 3.63) is 30.6 Å². The molecule has 4 rings (SSSR count). The quantitative estimate of drug-likeness (QED) is 0.644. The number of piperidine rings is 1. The van der Waals surface area contributed by atoms with Gasteiger partial charge in [0, 0.05) is 39.3 Å². The summed E-state index contributed by atoms with van der Waals surface area (Å²) in [5, 5.41) is 0. The van der Waals surface area contributed by atoms with Crippen molar-refractivity contribution in [2.45, 2.75) is 19.8 Å². The summed E-state index contributed by atoms with van der Waals surface area (Å²) in [6.45, 7) is 7.54. The van der Waals surface area contributed by atoms with Gasteiger partial charge in [0.25, 0.3) is 0 Å². The Labute approximate surface area is 183 Å². The number of nitrogens with zero attached hydrogens (tertiary/aromatic N) is 6. The van der Waals surface area contributed by atoms with E-state index in [0.717, 1.165) is 63.5 Å². The Hall–Kier alpha value is -3.10. The number of hydrogen-bond donors (Lipinski definition) is 0. The van der Waals surface area contributed by atoms with E-state index >= 15 is 0 Å². The van der Waals surface area contributed by atoms with Crippen molar-refractivity contribution in [1.29, 1.82) is 0 Å². The molecule has 9 heteroatoms. The van der Waals surface area contributed by atoms with E-state index in [2.05, 4.69) is 30.7 Å². The van der Waals surface area contributed by atoms with Gasteiger partial charge < -0.3 is 24.2 Å². The summed E-state index contributed by atoms with van der Waals surface area (Å²) in [7, 11) is 1.45. The van der Waals surface area contributed by atoms with Crippen LogP contribution in [0.2, 0.25) is 0 Å². The third-order valence-corrected chi connectivity index (χ3v) is 5.93. The van der Waals surface area contributed by atoms with Crippen LogP contribution in [0.1, 0.15) is 19.8 Å². The zero-order valence-electron chi connectivity index (χ0n) is 18.2. The third kappa shape index (κ3) is 4.81. The van der Waals surface area contributed by atoms with Crippen LogP contribution in [0.3, 0.4) is 0 Å². The Morgan fingerprint density at radius 2 is 1.58 bits per heavy atom. The number of benzene rings is 1. The first-order valence-corrected chi connectivity index (χ1v) is 10.9. The standard InChI is InChI=1S/C22H30N6O3/c1-3-31-19-7-5-4-6-18(19)26-12-14-28(15-13-26)22-24-16-23-21(25-22)27-10-8-17(9-11-27)20(29)30-2/h4-7,16-17H,3,8-15H2,1-2H3. The molecule has 1 aromatic heterocycles. The summed E-state index contributed by atoms with van der Waals surface area (Å²) in [5.74, 6) is 2.15. The number of para-hydroxylation sites is 2. The lowest BCUT2D eigenvalue weighted by molar-refractivity contribution is -0.146. The number of methoxy groups -OCH3 is 1. The smallest absolute Gasteiger partial charge is 0.308 e. The summed E-state index contributed by atoms with van der Waals surface area (Å²) in [6, 6.07) is 8.18. The predicted molar refractivity (Wildman–Crippen MR) is 119 cm³/mol. The van der Waals surface area contributed by atoms with Gasteiger partial charge in [0.1, 0.15) is 12.1 Å². The highest BCUT2D eigenvalue weighted by Crippen LogP contribution is 2.29. The monoisotopic (exact) mass is 426 g/mol. The van der Waals surface area contributed by atoms with Gasteiger partial charge in [-0.3, -0.25) is 4.79 Å². The number of piperazine rings is 1. The normalized spacial score (nSPS) is 17.5. The number of rotatable bonds is 6. The van der Waals surface area contributed by atoms with Crippen molar-refractivity contribution in [2.75, 3.05) is 67.7 Å². The molecule has 0 saturated carbocycles. The van der Waals surface area contributed by atoms with E-state index in [4.69, 9.17) is 14.5 Å². The molecule has 1 aromatic carbocycles. The Kier molecular flexibility index (Phi) is 6.69. The second kappa shape index (κ2) is 9.80. The first-order valence-electron chi connectivity index (χ1n) is 10.9. The van der Waals surface area contributed by atoms with Gasteiger partial charge >= 0.3 is 5.97 Å². The summed E-state index contributed by atoms with van der Waals surface area (Å²) in [4.78, 5) is 32.0. The lowest BCUT2D eigenvalue weighted by Gasteiger charge is -2.37. The zero-order valence-corrected chi connectivity index (χ0v) is 18.2. The Balaban J connectivity index is 1.37. The van der Waals surface area contributed by atoms with Gasteiger partial charge in [-0.25, -0.2) is 9.97 Å². The van der Waals surface area contributed by atoms with Crippen LogP contribution in [-0.4, -0.2) is 73.9 Å². The molecule has 3 heterocycles. The van der Waals surface area contributed by atoms with Crippen LogP contribution in [-0.2, 0) is 9.53 Å². The minimum absolute atomic E-state index is 0.0322. The van der Waals surface area contributed by atoms with Crippen LogP contribution in [0.25, 0.3) is 0 Å². The van der Waals surface area contributed by atoms with E-state index in [1.54, 1.807) is 6.33 Å². The Morgan fingerprint density at radius 1 is 0.968 bits per heavy atom. The molecule has 2 aliphatic heterocycles. The number of carbonyl (C=O) groups is 1. The van der Waals surface area contributed by atoms with Crippen LogP contribution >= 0.6 is 0 Å². The van der Waals surface area contributed by atoms with E-state index in [9.17, 15) is 4.79 Å². The number of carbonyl (C=O) groups excluding carboxylic acids is 1. The Bertz CT molecular complexity index is 879. The summed E-state index contributed by atoms with van der Waals surface area (Å²) >= 11 is 0. The molecule has 0 amide bonds. The van der Waals surface area contributed by atoms with Crippen molar-refractivity contribution >= 4 is 23.6 Å². The summed E-state index contributed by atoms with van der Waals surface area (Å²) in [5.41, 5.74) is 1.13. The molecule has 9 nitrogen and oxygen atoms in total. The molecule has 2 saturated heterocycles. The summed E-state index contributed by atoms with van der Waals surface area (Å²) in [6.07, 6.45) is 3.10. The van der Waals surface area contributed by atoms with E-state index in [1.807, 2.05) is 25.1 Å². The number of aromatic nitrogens is 3. The fraction of sp³-hybridized carbons (Fsp3) is 0.545. The molecule has 0 bridgehead atoms. The molecular formula is C22H30N6O3. The molecule has 2 fully saturated rings. The summed E-state index contributed by atoms with van der Waals surface area (Å²) < 4.78 is 10.7. The molecule has 31 heavy (non-hydrogen) atoms. The molecule has 166 valence electrons. The number of anilines is 3. The van der Waals surface area contributed by atoms with Crippen molar-refractivity contribution in [1.82, 2.24) is 15.0 Å². The predicted octanol–water partition coefficient (Wildman–Crippen LogP) is 1.99. The van der Waals surface area contributed by atoms with Gasteiger partial charge in [0.15, 0.2) is 0 Å². The van der Waals surface area contributed by atoms with Gasteiger partial charge in [-0.1, -0.05) is 12.1 Å². The molecule has 0 aliphatic carbocycles. The zero-order chi connectivity index (χ0) is 21.6. The molecule has 2 aromatic rings. The van der Waals surface area contributed by atoms with Gasteiger partial charge in [-0.05, 0) is 31.9 Å². The maximum Gasteiger partial charge on any atom is 0.308 e. The highest BCUT2D eigenvalue weighted by atomic mass is 16.5. The number of hydrogen-bond acceptors (Lipinski definition) is 9. The number of ether oxygens (including phenoxy) is 2. The highest BCUT2D eigenvalue weighted by Gasteiger charge is 2.28. The second-order valence-electron chi connectivity index (χ2n) is 7.74. The molecule has 0 spiro atoms. The molecule has 0 radical (unpaired) electrons. The molecule has 2 aliphatic rings. The van der Waals surface area contributed by atoms with Crippen molar-refractivity contribution in [3.63, 3.8) is 0 Å². The maximum absolute atomic E-state index is 11.8. The van der Waals surface area contributed by atoms with Gasteiger partial charge in [-0.15, -0.1) is 0 Å². The third-order valence-electron chi connectivity index (χ3n) is 5.93. The molecule has 0 N–H and O–H groups in total. The topological polar surface area (TPSA) is 83.9 Å². The van der Waals surface area contributed by atoms with E-state index < -0.39 is 0 Å². The fourth-order valence-electron chi connectivity index (χ4n) is 4.21. The van der Waals surface area contributed by atoms with Crippen molar-refractivity contribution in [3.8, 4) is 5.75 Å². The second-order valence-corrected chi connectivity index (χ2v) is 7.74. The minimum atomic E-state index is -0.125. The van der Waals surface area contributed by atoms with E-state index in [-0.39, 0.29) is 11.9 Å². The first kappa shape index (κ1) is 21.1. The number of esters is 1. The van der Waals surface area contributed by atoms with Crippen molar-refractivity contribution in [2.24, 2.45) is 5.92 Å².